The lowest BCUT2D eigenvalue weighted by molar-refractivity contribution is 0.321. The Morgan fingerprint density at radius 1 is 1.36 bits per heavy atom. The van der Waals surface area contributed by atoms with Crippen LogP contribution in [-0.4, -0.2) is 29.8 Å². The first-order valence-corrected chi connectivity index (χ1v) is 5.86. The van der Waals surface area contributed by atoms with Gasteiger partial charge in [-0.3, -0.25) is 0 Å². The summed E-state index contributed by atoms with van der Waals surface area (Å²) in [5, 5.41) is 8.56. The summed E-state index contributed by atoms with van der Waals surface area (Å²) in [4.78, 5) is 0. The Labute approximate surface area is 89.3 Å². The fourth-order valence-corrected chi connectivity index (χ4v) is 1.62. The van der Waals surface area contributed by atoms with Crippen LogP contribution in [0.4, 0.5) is 0 Å². The number of hydrogen-bond donors (Lipinski definition) is 1. The van der Waals surface area contributed by atoms with Crippen molar-refractivity contribution in [1.82, 2.24) is 0 Å². The average molecular weight is 212 g/mol. The van der Waals surface area contributed by atoms with Crippen LogP contribution >= 0.6 is 11.8 Å². The van der Waals surface area contributed by atoms with Crippen molar-refractivity contribution in [2.24, 2.45) is 0 Å². The topological polar surface area (TPSA) is 29.5 Å². The molecule has 0 aliphatic carbocycles. The molecule has 3 heteroatoms. The number of aryl methyl sites for hydroxylation is 1. The quantitative estimate of drug-likeness (QED) is 0.732. The number of aliphatic hydroxyl groups excluding tert-OH is 1. The molecule has 1 rings (SSSR count). The largest absolute Gasteiger partial charge is 0.493 e. The van der Waals surface area contributed by atoms with Crippen LogP contribution in [0.5, 0.6) is 5.75 Å². The van der Waals surface area contributed by atoms with Gasteiger partial charge < -0.3 is 9.84 Å². The van der Waals surface area contributed by atoms with Gasteiger partial charge in [0.1, 0.15) is 5.75 Å². The maximum atomic E-state index is 8.56. The van der Waals surface area contributed by atoms with Crippen LogP contribution in [0.25, 0.3) is 0 Å². The van der Waals surface area contributed by atoms with Crippen LogP contribution in [0.3, 0.4) is 0 Å². The van der Waals surface area contributed by atoms with E-state index in [-0.39, 0.29) is 6.61 Å². The van der Waals surface area contributed by atoms with E-state index in [1.807, 2.05) is 31.2 Å². The molecule has 0 spiro atoms. The number of aliphatic hydroxyl groups is 1. The molecule has 14 heavy (non-hydrogen) atoms. The van der Waals surface area contributed by atoms with Gasteiger partial charge in [-0.05, 0) is 24.6 Å². The van der Waals surface area contributed by atoms with E-state index in [4.69, 9.17) is 9.84 Å². The number of ether oxygens (including phenoxy) is 1. The average Bonchev–Trinajstić information content (AvgIpc) is 2.18. The number of hydrogen-bond acceptors (Lipinski definition) is 3. The highest BCUT2D eigenvalue weighted by molar-refractivity contribution is 7.99. The van der Waals surface area contributed by atoms with Gasteiger partial charge in [-0.25, -0.2) is 0 Å². The van der Waals surface area contributed by atoms with Crippen LogP contribution in [0.2, 0.25) is 0 Å². The van der Waals surface area contributed by atoms with Gasteiger partial charge in [0.05, 0.1) is 13.2 Å². The van der Waals surface area contributed by atoms with Crippen LogP contribution in [0.15, 0.2) is 24.3 Å². The third-order valence-electron chi connectivity index (χ3n) is 1.72. The molecular weight excluding hydrogens is 196 g/mol. The Balaban J connectivity index is 2.18. The van der Waals surface area contributed by atoms with Crippen LogP contribution in [0, 0.1) is 6.92 Å². The van der Waals surface area contributed by atoms with Crippen molar-refractivity contribution in [1.29, 1.82) is 0 Å². The Morgan fingerprint density at radius 2 is 2.21 bits per heavy atom. The summed E-state index contributed by atoms with van der Waals surface area (Å²) in [5.41, 5.74) is 1.21. The predicted octanol–water partition coefficient (Wildman–Crippen LogP) is 2.10. The normalized spacial score (nSPS) is 10.1. The van der Waals surface area contributed by atoms with Crippen LogP contribution < -0.4 is 4.74 Å². The molecule has 0 saturated carbocycles. The van der Waals surface area contributed by atoms with E-state index in [2.05, 4.69) is 0 Å². The summed E-state index contributed by atoms with van der Waals surface area (Å²) in [7, 11) is 0. The SMILES string of the molecule is Cc1cccc(OCCSCCO)c1. The van der Waals surface area contributed by atoms with Crippen molar-refractivity contribution >= 4 is 11.8 Å². The zero-order valence-corrected chi connectivity index (χ0v) is 9.22. The maximum Gasteiger partial charge on any atom is 0.119 e. The van der Waals surface area contributed by atoms with Gasteiger partial charge in [-0.15, -0.1) is 0 Å². The monoisotopic (exact) mass is 212 g/mol. The Kier molecular flexibility index (Phi) is 5.49. The molecule has 1 N–H and O–H groups in total. The van der Waals surface area contributed by atoms with Crippen LogP contribution in [0.1, 0.15) is 5.56 Å². The third-order valence-corrected chi connectivity index (χ3v) is 2.65. The van der Waals surface area contributed by atoms with Crippen LogP contribution in [-0.2, 0) is 0 Å². The molecule has 78 valence electrons. The molecule has 0 radical (unpaired) electrons. The first-order chi connectivity index (χ1) is 6.83. The van der Waals surface area contributed by atoms with Crippen molar-refractivity contribution < 1.29 is 9.84 Å². The minimum Gasteiger partial charge on any atom is -0.493 e. The molecule has 0 aliphatic rings. The van der Waals surface area contributed by atoms with Crippen molar-refractivity contribution in [2.75, 3.05) is 24.7 Å². The van der Waals surface area contributed by atoms with E-state index < -0.39 is 0 Å². The van der Waals surface area contributed by atoms with Crippen molar-refractivity contribution in [3.8, 4) is 5.75 Å². The summed E-state index contributed by atoms with van der Waals surface area (Å²) in [6, 6.07) is 8.03. The summed E-state index contributed by atoms with van der Waals surface area (Å²) in [6.07, 6.45) is 0. The summed E-state index contributed by atoms with van der Waals surface area (Å²) in [5.74, 6) is 2.64. The molecule has 0 saturated heterocycles. The highest BCUT2D eigenvalue weighted by atomic mass is 32.2. The zero-order valence-electron chi connectivity index (χ0n) is 8.40. The number of benzene rings is 1. The molecule has 1 aromatic carbocycles. The first-order valence-electron chi connectivity index (χ1n) is 4.71. The van der Waals surface area contributed by atoms with Gasteiger partial charge in [0, 0.05) is 11.5 Å². The molecule has 0 heterocycles. The second-order valence-corrected chi connectivity index (χ2v) is 4.23. The number of rotatable bonds is 6. The lowest BCUT2D eigenvalue weighted by Gasteiger charge is -2.05. The van der Waals surface area contributed by atoms with E-state index in [1.54, 1.807) is 11.8 Å². The molecule has 0 bridgehead atoms. The minimum absolute atomic E-state index is 0.245. The van der Waals surface area contributed by atoms with Gasteiger partial charge in [-0.1, -0.05) is 12.1 Å². The molecule has 2 nitrogen and oxygen atoms in total. The van der Waals surface area contributed by atoms with E-state index in [9.17, 15) is 0 Å². The maximum absolute atomic E-state index is 8.56. The van der Waals surface area contributed by atoms with E-state index in [1.165, 1.54) is 5.56 Å². The molecule has 0 amide bonds. The van der Waals surface area contributed by atoms with E-state index >= 15 is 0 Å². The second kappa shape index (κ2) is 6.74. The summed E-state index contributed by atoms with van der Waals surface area (Å²) >= 11 is 1.70. The number of thioether (sulfide) groups is 1. The van der Waals surface area contributed by atoms with Gasteiger partial charge in [0.15, 0.2) is 0 Å². The lowest BCUT2D eigenvalue weighted by atomic mass is 10.2. The third kappa shape index (κ3) is 4.53. The molecule has 0 aromatic heterocycles. The molecule has 0 atom stereocenters. The van der Waals surface area contributed by atoms with Crippen molar-refractivity contribution in [3.05, 3.63) is 29.8 Å². The molecule has 0 aliphatic heterocycles. The fraction of sp³-hybridized carbons (Fsp3) is 0.455. The van der Waals surface area contributed by atoms with Gasteiger partial charge >= 0.3 is 0 Å². The summed E-state index contributed by atoms with van der Waals surface area (Å²) < 4.78 is 5.53. The Morgan fingerprint density at radius 3 is 2.93 bits per heavy atom. The van der Waals surface area contributed by atoms with Gasteiger partial charge in [0.2, 0.25) is 0 Å². The zero-order chi connectivity index (χ0) is 10.2. The predicted molar refractivity (Wildman–Crippen MR) is 61.1 cm³/mol. The molecule has 1 aromatic rings. The smallest absolute Gasteiger partial charge is 0.119 e. The van der Waals surface area contributed by atoms with E-state index in [0.29, 0.717) is 6.61 Å². The van der Waals surface area contributed by atoms with Gasteiger partial charge in [-0.2, -0.15) is 11.8 Å². The standard InChI is InChI=1S/C11H16O2S/c1-10-3-2-4-11(9-10)13-6-8-14-7-5-12/h2-4,9,12H,5-8H2,1H3. The molecule has 0 fully saturated rings. The molecular formula is C11H16O2S. The first kappa shape index (κ1) is 11.4. The Hall–Kier alpha value is -0.670. The Bertz CT molecular complexity index is 263. The van der Waals surface area contributed by atoms with E-state index in [0.717, 1.165) is 17.3 Å². The highest BCUT2D eigenvalue weighted by Gasteiger charge is 1.93. The van der Waals surface area contributed by atoms with Crippen molar-refractivity contribution in [3.63, 3.8) is 0 Å². The highest BCUT2D eigenvalue weighted by Crippen LogP contribution is 2.12. The second-order valence-electron chi connectivity index (χ2n) is 3.00. The van der Waals surface area contributed by atoms with Gasteiger partial charge in [0.25, 0.3) is 0 Å². The van der Waals surface area contributed by atoms with Crippen molar-refractivity contribution in [2.45, 2.75) is 6.92 Å². The minimum atomic E-state index is 0.245. The fourth-order valence-electron chi connectivity index (χ4n) is 1.09. The summed E-state index contributed by atoms with van der Waals surface area (Å²) in [6.45, 7) is 3.00. The lowest BCUT2D eigenvalue weighted by Crippen LogP contribution is -2.01. The molecule has 0 unspecified atom stereocenters.